The predicted octanol–water partition coefficient (Wildman–Crippen LogP) is 6.73. The minimum Gasteiger partial charge on any atom is -0.478 e. The van der Waals surface area contributed by atoms with Crippen molar-refractivity contribution in [3.63, 3.8) is 0 Å². The minimum absolute atomic E-state index is 0.418. The molecule has 6 nitrogen and oxygen atoms in total. The van der Waals surface area contributed by atoms with E-state index in [-0.39, 0.29) is 0 Å². The van der Waals surface area contributed by atoms with Gasteiger partial charge in [0.1, 0.15) is 0 Å². The highest BCUT2D eigenvalue weighted by atomic mass is 29.3. The van der Waals surface area contributed by atoms with E-state index in [4.69, 9.17) is 16.5 Å². The van der Waals surface area contributed by atoms with E-state index in [9.17, 15) is 9.90 Å². The van der Waals surface area contributed by atoms with Gasteiger partial charge in [-0.2, -0.15) is 0 Å². The van der Waals surface area contributed by atoms with Crippen LogP contribution in [0, 0.1) is 0 Å². The van der Waals surface area contributed by atoms with E-state index in [0.29, 0.717) is 5.57 Å². The quantitative estimate of drug-likeness (QED) is 0.201. The van der Waals surface area contributed by atoms with Crippen LogP contribution in [0.15, 0.2) is 10.8 Å². The molecule has 32 heavy (non-hydrogen) atoms. The van der Waals surface area contributed by atoms with Crippen LogP contribution in [0.25, 0.3) is 0 Å². The first-order valence-corrected chi connectivity index (χ1v) is 30.4. The zero-order chi connectivity index (χ0) is 26.0. The van der Waals surface area contributed by atoms with Crippen molar-refractivity contribution >= 4 is 55.4 Å². The molecule has 12 heteroatoms. The average molecular weight is 555 g/mol. The second-order valence-corrected chi connectivity index (χ2v) is 43.0. The summed E-state index contributed by atoms with van der Waals surface area (Å²) in [5.41, 5.74) is 0.418. The monoisotopic (exact) mass is 554 g/mol. The fraction of sp³-hybridized carbons (Fsp3) is 0.850. The van der Waals surface area contributed by atoms with Crippen LogP contribution in [0.3, 0.4) is 0 Å². The topological polar surface area (TPSA) is 74.2 Å². The first-order chi connectivity index (χ1) is 13.9. The second kappa shape index (κ2) is 11.0. The summed E-state index contributed by atoms with van der Waals surface area (Å²) in [5.74, 6) is -0.866. The smallest absolute Gasteiger partial charge is 0.330 e. The molecule has 0 atom stereocenters. The predicted molar refractivity (Wildman–Crippen MR) is 150 cm³/mol. The third kappa shape index (κ3) is 10.3. The molecule has 0 aromatic carbocycles. The van der Waals surface area contributed by atoms with Gasteiger partial charge in [-0.3, -0.25) is 0 Å². The summed E-state index contributed by atoms with van der Waals surface area (Å²) in [6.45, 7) is 32.2. The molecular formula is C20H50O6Si6. The number of allylic oxidation sites excluding steroid dienone is 1. The Hall–Kier alpha value is 0.351. The van der Waals surface area contributed by atoms with Crippen molar-refractivity contribution in [2.45, 2.75) is 112 Å². The Kier molecular flexibility index (Phi) is 11.1. The largest absolute Gasteiger partial charge is 0.478 e. The number of carboxylic acids is 1. The molecule has 190 valence electrons. The second-order valence-electron chi connectivity index (χ2n) is 12.0. The molecule has 0 fully saturated rings. The van der Waals surface area contributed by atoms with Gasteiger partial charge >= 0.3 is 31.7 Å². The summed E-state index contributed by atoms with van der Waals surface area (Å²) in [5, 5.41) is 10.5. The Morgan fingerprint density at radius 1 is 0.688 bits per heavy atom. The molecule has 0 aromatic heterocycles. The summed E-state index contributed by atoms with van der Waals surface area (Å²) in [4.78, 5) is 11.7. The van der Waals surface area contributed by atoms with Crippen LogP contribution in [-0.4, -0.2) is 60.5 Å². The lowest BCUT2D eigenvalue weighted by Gasteiger charge is -2.45. The van der Waals surface area contributed by atoms with Gasteiger partial charge in [-0.25, -0.2) is 4.79 Å². The van der Waals surface area contributed by atoms with Crippen LogP contribution in [0.1, 0.15) is 26.7 Å². The number of carbonyl (C=O) groups is 1. The summed E-state index contributed by atoms with van der Waals surface area (Å²) in [6, 6.07) is 0. The molecule has 0 aliphatic heterocycles. The Morgan fingerprint density at radius 3 is 1.41 bits per heavy atom. The van der Waals surface area contributed by atoms with E-state index in [1.165, 1.54) is 0 Å². The van der Waals surface area contributed by atoms with Crippen molar-refractivity contribution in [2.24, 2.45) is 0 Å². The van der Waals surface area contributed by atoms with E-state index in [0.717, 1.165) is 18.0 Å². The SMILES string of the molecule is CCC/C(=C(/C)C(=O)O)[Si](C)(C)O[Si](C)(C)O[Si](C)(C)O[Si](C)(C)O[Si](C)(C)[Si](C)(C)C. The van der Waals surface area contributed by atoms with Gasteiger partial charge in [0.15, 0.2) is 7.83 Å². The number of aliphatic carboxylic acids is 1. The van der Waals surface area contributed by atoms with Gasteiger partial charge in [-0.05, 0) is 84.0 Å². The maximum absolute atomic E-state index is 11.7. The first kappa shape index (κ1) is 32.4. The number of carboxylic acid groups (broad SMARTS) is 1. The zero-order valence-corrected chi connectivity index (χ0v) is 29.4. The molecule has 0 amide bonds. The van der Waals surface area contributed by atoms with Crippen molar-refractivity contribution in [3.05, 3.63) is 10.8 Å². The number of hydrogen-bond donors (Lipinski definition) is 1. The van der Waals surface area contributed by atoms with Crippen LogP contribution in [0.4, 0.5) is 0 Å². The zero-order valence-electron chi connectivity index (χ0n) is 23.4. The maximum atomic E-state index is 11.7. The lowest BCUT2D eigenvalue weighted by atomic mass is 10.2. The Morgan fingerprint density at radius 2 is 1.06 bits per heavy atom. The standard InChI is InChI=1S/C20H50O6Si6/c1-16-17-19(18(2)20(21)22)28(6,7)23-29(8,9)24-30(10,11)25-31(12,13)26-32(14,15)27(3,4)5/h16-17H2,1-15H3,(H,21,22)/b19-18+. The van der Waals surface area contributed by atoms with Gasteiger partial charge in [0.25, 0.3) is 0 Å². The van der Waals surface area contributed by atoms with Gasteiger partial charge in [-0.15, -0.1) is 0 Å². The van der Waals surface area contributed by atoms with Crippen molar-refractivity contribution in [1.82, 2.24) is 0 Å². The molecule has 0 saturated heterocycles. The molecule has 0 heterocycles. The van der Waals surface area contributed by atoms with Crippen molar-refractivity contribution in [1.29, 1.82) is 0 Å². The lowest BCUT2D eigenvalue weighted by Crippen LogP contribution is -2.63. The van der Waals surface area contributed by atoms with E-state index >= 15 is 0 Å². The van der Waals surface area contributed by atoms with E-state index in [1.807, 2.05) is 0 Å². The van der Waals surface area contributed by atoms with Crippen molar-refractivity contribution < 1.29 is 26.4 Å². The highest BCUT2D eigenvalue weighted by Crippen LogP contribution is 2.32. The van der Waals surface area contributed by atoms with Crippen LogP contribution in [0.2, 0.25) is 85.1 Å². The first-order valence-electron chi connectivity index (χ1n) is 11.6. The highest BCUT2D eigenvalue weighted by Gasteiger charge is 2.49. The van der Waals surface area contributed by atoms with Gasteiger partial charge in [0.05, 0.1) is 7.59 Å². The van der Waals surface area contributed by atoms with E-state index in [1.54, 1.807) is 6.92 Å². The average Bonchev–Trinajstić information content (AvgIpc) is 2.45. The molecule has 0 aromatic rings. The summed E-state index contributed by atoms with van der Waals surface area (Å²) >= 11 is 0. The summed E-state index contributed by atoms with van der Waals surface area (Å²) in [7, 11) is -13.2. The van der Waals surface area contributed by atoms with Crippen molar-refractivity contribution in [3.8, 4) is 0 Å². The molecule has 1 N–H and O–H groups in total. The molecule has 0 rings (SSSR count). The van der Waals surface area contributed by atoms with Crippen molar-refractivity contribution in [2.75, 3.05) is 0 Å². The third-order valence-electron chi connectivity index (χ3n) is 5.79. The van der Waals surface area contributed by atoms with Gasteiger partial charge in [0.2, 0.25) is 8.32 Å². The summed E-state index contributed by atoms with van der Waals surface area (Å²) in [6.07, 6.45) is 1.63. The minimum atomic E-state index is -2.58. The Balaban J connectivity index is 5.63. The third-order valence-corrected chi connectivity index (χ3v) is 39.1. The number of rotatable bonds is 13. The maximum Gasteiger partial charge on any atom is 0.330 e. The van der Waals surface area contributed by atoms with Crippen LogP contribution in [0.5, 0.6) is 0 Å². The van der Waals surface area contributed by atoms with Gasteiger partial charge < -0.3 is 21.6 Å². The molecule has 0 spiro atoms. The molecule has 0 bridgehead atoms. The molecular weight excluding hydrogens is 505 g/mol. The molecule has 0 unspecified atom stereocenters. The molecule has 0 saturated carbocycles. The Labute approximate surface area is 203 Å². The lowest BCUT2D eigenvalue weighted by molar-refractivity contribution is -0.132. The van der Waals surface area contributed by atoms with Gasteiger partial charge in [-0.1, -0.05) is 33.0 Å². The van der Waals surface area contributed by atoms with Crippen LogP contribution < -0.4 is 0 Å². The molecule has 0 radical (unpaired) electrons. The fourth-order valence-electron chi connectivity index (χ4n) is 4.01. The number of hydrogen-bond acceptors (Lipinski definition) is 5. The molecule has 0 aliphatic carbocycles. The van der Waals surface area contributed by atoms with E-state index < -0.39 is 55.4 Å². The Bertz CT molecular complexity index is 695. The van der Waals surface area contributed by atoms with Crippen LogP contribution in [-0.2, 0) is 21.3 Å². The fourth-order valence-corrected chi connectivity index (χ4v) is 33.5. The molecule has 0 aliphatic rings. The highest BCUT2D eigenvalue weighted by molar-refractivity contribution is 7.38. The summed E-state index contributed by atoms with van der Waals surface area (Å²) < 4.78 is 26.7. The van der Waals surface area contributed by atoms with Gasteiger partial charge in [0, 0.05) is 5.57 Å². The van der Waals surface area contributed by atoms with E-state index in [2.05, 4.69) is 92.0 Å². The van der Waals surface area contributed by atoms with Crippen LogP contribution >= 0.6 is 0 Å². The normalized spacial score (nSPS) is 15.6.